The maximum Gasteiger partial charge on any atom is 0.127 e. The monoisotopic (exact) mass is 390 g/mol. The molecule has 30 heavy (non-hydrogen) atoms. The molecule has 0 fully saturated rings. The zero-order valence-corrected chi connectivity index (χ0v) is 16.7. The Hall–Kier alpha value is -3.46. The third-order valence-electron chi connectivity index (χ3n) is 6.61. The van der Waals surface area contributed by atoms with Gasteiger partial charge < -0.3 is 4.79 Å². The quantitative estimate of drug-likeness (QED) is 0.279. The minimum Gasteiger partial charge on any atom is -0.303 e. The molecule has 5 aromatic rings. The predicted octanol–water partition coefficient (Wildman–Crippen LogP) is 6.01. The maximum absolute atomic E-state index is 11.4. The van der Waals surface area contributed by atoms with Gasteiger partial charge in [0.05, 0.1) is 12.7 Å². The lowest BCUT2D eigenvalue weighted by Gasteiger charge is -2.19. The van der Waals surface area contributed by atoms with Gasteiger partial charge in [0.25, 0.3) is 0 Å². The van der Waals surface area contributed by atoms with Gasteiger partial charge in [-0.15, -0.1) is 0 Å². The number of hydrogen-bond acceptors (Lipinski definition) is 2. The summed E-state index contributed by atoms with van der Waals surface area (Å²) in [5, 5.41) is 12.3. The standard InChI is InChI=1S/C27H22N2O/c30-17-21-5-3-7-27-26(21)15-28-29(27)16-18-8-9-20-11-12-23-22-6-2-1-4-19(22)10-13-24(23)25(20)14-18/h1-2,4,6,8-15,17,21H,3,5,7,16H2. The van der Waals surface area contributed by atoms with Crippen molar-refractivity contribution in [2.24, 2.45) is 0 Å². The van der Waals surface area contributed by atoms with Crippen molar-refractivity contribution in [3.05, 3.63) is 89.7 Å². The van der Waals surface area contributed by atoms with E-state index in [4.69, 9.17) is 0 Å². The zero-order valence-electron chi connectivity index (χ0n) is 16.7. The SMILES string of the molecule is O=CC1CCCc2c1cnn2Cc1ccc2ccc3c4ccccc4ccc3c2c1. The van der Waals surface area contributed by atoms with Crippen LogP contribution < -0.4 is 0 Å². The second-order valence-corrected chi connectivity index (χ2v) is 8.34. The number of carbonyl (C=O) groups is 1. The summed E-state index contributed by atoms with van der Waals surface area (Å²) in [7, 11) is 0. The molecule has 1 aliphatic rings. The number of hydrogen-bond donors (Lipinski definition) is 0. The molecule has 1 aliphatic carbocycles. The van der Waals surface area contributed by atoms with E-state index in [1.807, 2.05) is 6.20 Å². The van der Waals surface area contributed by atoms with Gasteiger partial charge in [0, 0.05) is 17.2 Å². The topological polar surface area (TPSA) is 34.9 Å². The lowest BCUT2D eigenvalue weighted by atomic mass is 9.88. The third kappa shape index (κ3) is 2.66. The molecule has 1 aromatic heterocycles. The van der Waals surface area contributed by atoms with Crippen molar-refractivity contribution < 1.29 is 4.79 Å². The molecule has 0 radical (unpaired) electrons. The van der Waals surface area contributed by atoms with Crippen LogP contribution in [0.1, 0.15) is 35.6 Å². The maximum atomic E-state index is 11.4. The van der Waals surface area contributed by atoms with Crippen LogP contribution in [0, 0.1) is 0 Å². The molecule has 1 atom stereocenters. The highest BCUT2D eigenvalue weighted by atomic mass is 16.1. The Morgan fingerprint density at radius 1 is 0.900 bits per heavy atom. The second-order valence-electron chi connectivity index (χ2n) is 8.34. The Bertz CT molecular complexity index is 1430. The van der Waals surface area contributed by atoms with Crippen LogP contribution in [0.4, 0.5) is 0 Å². The van der Waals surface area contributed by atoms with Crippen molar-refractivity contribution >= 4 is 38.6 Å². The number of fused-ring (bicyclic) bond motifs is 6. The van der Waals surface area contributed by atoms with E-state index in [1.54, 1.807) is 0 Å². The van der Waals surface area contributed by atoms with Gasteiger partial charge in [0.2, 0.25) is 0 Å². The summed E-state index contributed by atoms with van der Waals surface area (Å²) in [4.78, 5) is 11.4. The summed E-state index contributed by atoms with van der Waals surface area (Å²) >= 11 is 0. The van der Waals surface area contributed by atoms with Gasteiger partial charge in [-0.05, 0) is 63.2 Å². The summed E-state index contributed by atoms with van der Waals surface area (Å²) in [5.41, 5.74) is 3.58. The molecule has 1 unspecified atom stereocenters. The van der Waals surface area contributed by atoms with Crippen LogP contribution in [0.5, 0.6) is 0 Å². The van der Waals surface area contributed by atoms with E-state index in [-0.39, 0.29) is 5.92 Å². The fourth-order valence-electron chi connectivity index (χ4n) is 5.07. The molecular formula is C27H22N2O. The first-order valence-corrected chi connectivity index (χ1v) is 10.6. The Morgan fingerprint density at radius 2 is 1.67 bits per heavy atom. The first-order chi connectivity index (χ1) is 14.8. The fourth-order valence-corrected chi connectivity index (χ4v) is 5.07. The van der Waals surface area contributed by atoms with Crippen molar-refractivity contribution in [3.8, 4) is 0 Å². The van der Waals surface area contributed by atoms with Crippen LogP contribution in [0.2, 0.25) is 0 Å². The van der Waals surface area contributed by atoms with E-state index in [1.165, 1.54) is 43.6 Å². The highest BCUT2D eigenvalue weighted by molar-refractivity contribution is 6.17. The molecule has 0 amide bonds. The van der Waals surface area contributed by atoms with E-state index < -0.39 is 0 Å². The average molecular weight is 390 g/mol. The number of carbonyl (C=O) groups excluding carboxylic acids is 1. The van der Waals surface area contributed by atoms with Gasteiger partial charge in [-0.1, -0.05) is 60.7 Å². The van der Waals surface area contributed by atoms with Gasteiger partial charge in [0.15, 0.2) is 0 Å². The number of aldehydes is 1. The highest BCUT2D eigenvalue weighted by Gasteiger charge is 2.23. The van der Waals surface area contributed by atoms with Crippen LogP contribution in [0.25, 0.3) is 32.3 Å². The number of aromatic nitrogens is 2. The van der Waals surface area contributed by atoms with Gasteiger partial charge in [-0.3, -0.25) is 4.68 Å². The van der Waals surface area contributed by atoms with E-state index in [0.717, 1.165) is 37.7 Å². The molecule has 4 aromatic carbocycles. The van der Waals surface area contributed by atoms with Crippen LogP contribution in [-0.2, 0) is 17.8 Å². The van der Waals surface area contributed by atoms with Crippen molar-refractivity contribution in [3.63, 3.8) is 0 Å². The minimum atomic E-state index is 0.0105. The van der Waals surface area contributed by atoms with Crippen LogP contribution in [0.15, 0.2) is 72.9 Å². The number of nitrogens with zero attached hydrogens (tertiary/aromatic N) is 2. The summed E-state index contributed by atoms with van der Waals surface area (Å²) < 4.78 is 2.09. The lowest BCUT2D eigenvalue weighted by Crippen LogP contribution is -2.14. The summed E-state index contributed by atoms with van der Waals surface area (Å²) in [6.45, 7) is 0.737. The lowest BCUT2D eigenvalue weighted by molar-refractivity contribution is -0.109. The van der Waals surface area contributed by atoms with Crippen LogP contribution in [-0.4, -0.2) is 16.1 Å². The molecule has 1 heterocycles. The molecule has 0 saturated carbocycles. The van der Waals surface area contributed by atoms with E-state index >= 15 is 0 Å². The molecular weight excluding hydrogens is 368 g/mol. The Labute approximate surface area is 174 Å². The molecule has 3 nitrogen and oxygen atoms in total. The third-order valence-corrected chi connectivity index (χ3v) is 6.61. The molecule has 0 saturated heterocycles. The first kappa shape index (κ1) is 17.4. The first-order valence-electron chi connectivity index (χ1n) is 10.6. The van der Waals surface area contributed by atoms with E-state index in [9.17, 15) is 4.79 Å². The number of rotatable bonds is 3. The van der Waals surface area contributed by atoms with Gasteiger partial charge in [-0.25, -0.2) is 0 Å². The van der Waals surface area contributed by atoms with Crippen LogP contribution in [0.3, 0.4) is 0 Å². The summed E-state index contributed by atoms with van der Waals surface area (Å²) in [5.74, 6) is 0.0105. The Kier molecular flexibility index (Phi) is 3.95. The smallest absolute Gasteiger partial charge is 0.127 e. The highest BCUT2D eigenvalue weighted by Crippen LogP contribution is 2.33. The normalized spacial score (nSPS) is 16.2. The van der Waals surface area contributed by atoms with E-state index in [0.29, 0.717) is 0 Å². The predicted molar refractivity (Wildman–Crippen MR) is 122 cm³/mol. The molecule has 3 heteroatoms. The fraction of sp³-hybridized carbons (Fsp3) is 0.185. The molecule has 0 aliphatic heterocycles. The van der Waals surface area contributed by atoms with Crippen molar-refractivity contribution in [1.82, 2.24) is 9.78 Å². The molecule has 146 valence electrons. The Morgan fingerprint density at radius 3 is 2.53 bits per heavy atom. The van der Waals surface area contributed by atoms with Crippen molar-refractivity contribution in [2.75, 3.05) is 0 Å². The average Bonchev–Trinajstić information content (AvgIpc) is 3.21. The molecule has 0 spiro atoms. The second kappa shape index (κ2) is 6.81. The number of benzene rings is 4. The van der Waals surface area contributed by atoms with E-state index in [2.05, 4.69) is 76.5 Å². The Balaban J connectivity index is 1.47. The molecule has 6 rings (SSSR count). The van der Waals surface area contributed by atoms with Gasteiger partial charge >= 0.3 is 0 Å². The van der Waals surface area contributed by atoms with Gasteiger partial charge in [0.1, 0.15) is 6.29 Å². The van der Waals surface area contributed by atoms with Gasteiger partial charge in [-0.2, -0.15) is 5.10 Å². The molecule has 0 bridgehead atoms. The largest absolute Gasteiger partial charge is 0.303 e. The minimum absolute atomic E-state index is 0.0105. The van der Waals surface area contributed by atoms with Crippen molar-refractivity contribution in [1.29, 1.82) is 0 Å². The van der Waals surface area contributed by atoms with Crippen LogP contribution >= 0.6 is 0 Å². The molecule has 0 N–H and O–H groups in total. The summed E-state index contributed by atoms with van der Waals surface area (Å²) in [6.07, 6.45) is 5.98. The summed E-state index contributed by atoms with van der Waals surface area (Å²) in [6, 6.07) is 24.2. The van der Waals surface area contributed by atoms with Crippen molar-refractivity contribution in [2.45, 2.75) is 31.7 Å². The zero-order chi connectivity index (χ0) is 20.1.